The minimum absolute atomic E-state index is 0.165. The minimum atomic E-state index is -0.665. The van der Waals surface area contributed by atoms with Gasteiger partial charge in [0.25, 0.3) is 5.91 Å². The molecule has 0 spiro atoms. The quantitative estimate of drug-likeness (QED) is 0.600. The number of ether oxygens (including phenoxy) is 2. The van der Waals surface area contributed by atoms with Crippen molar-refractivity contribution in [2.45, 2.75) is 38.3 Å². The van der Waals surface area contributed by atoms with Crippen molar-refractivity contribution in [1.29, 1.82) is 0 Å². The Kier molecular flexibility index (Phi) is 7.14. The van der Waals surface area contributed by atoms with Crippen LogP contribution in [-0.2, 0) is 11.2 Å². The predicted molar refractivity (Wildman–Crippen MR) is 114 cm³/mol. The molecular weight excluding hydrogens is 436 g/mol. The van der Waals surface area contributed by atoms with Gasteiger partial charge in [0.2, 0.25) is 5.91 Å². The largest absolute Gasteiger partial charge is 0.493 e. The number of carbonyl (C=O) groups is 2. The molecule has 1 saturated carbocycles. The van der Waals surface area contributed by atoms with Gasteiger partial charge < -0.3 is 20.1 Å². The molecule has 1 unspecified atom stereocenters. The summed E-state index contributed by atoms with van der Waals surface area (Å²) in [6, 6.07) is 12.5. The highest BCUT2D eigenvalue weighted by Crippen LogP contribution is 2.36. The average molecular weight is 461 g/mol. The summed E-state index contributed by atoms with van der Waals surface area (Å²) < 4.78 is 11.6. The first-order valence-corrected chi connectivity index (χ1v) is 10.5. The SMILES string of the molecule is CCOc1c(Br)cc(C(=O)NC(Cc2ccccc2)C(=O)NC2CC2)cc1OC. The third-order valence-corrected chi connectivity index (χ3v) is 5.20. The highest BCUT2D eigenvalue weighted by Gasteiger charge is 2.29. The minimum Gasteiger partial charge on any atom is -0.493 e. The number of methoxy groups -OCH3 is 1. The van der Waals surface area contributed by atoms with Crippen LogP contribution in [0.15, 0.2) is 46.9 Å². The molecule has 1 fully saturated rings. The molecule has 1 aliphatic carbocycles. The molecule has 154 valence electrons. The molecule has 2 N–H and O–H groups in total. The number of carbonyl (C=O) groups excluding carboxylic acids is 2. The van der Waals surface area contributed by atoms with Crippen LogP contribution in [0.2, 0.25) is 0 Å². The van der Waals surface area contributed by atoms with Gasteiger partial charge in [0, 0.05) is 18.0 Å². The monoisotopic (exact) mass is 460 g/mol. The molecule has 0 saturated heterocycles. The molecule has 2 aromatic carbocycles. The molecule has 0 aromatic heterocycles. The topological polar surface area (TPSA) is 76.7 Å². The van der Waals surface area contributed by atoms with E-state index in [2.05, 4.69) is 26.6 Å². The molecule has 0 radical (unpaired) electrons. The Labute approximate surface area is 179 Å². The first kappa shape index (κ1) is 21.2. The fourth-order valence-corrected chi connectivity index (χ4v) is 3.52. The zero-order valence-corrected chi connectivity index (χ0v) is 18.1. The molecule has 2 aromatic rings. The van der Waals surface area contributed by atoms with Gasteiger partial charge in [-0.05, 0) is 53.4 Å². The van der Waals surface area contributed by atoms with Crippen LogP contribution < -0.4 is 20.1 Å². The fraction of sp³-hybridized carbons (Fsp3) is 0.364. The first-order chi connectivity index (χ1) is 14.0. The first-order valence-electron chi connectivity index (χ1n) is 9.67. The maximum Gasteiger partial charge on any atom is 0.252 e. The Morgan fingerprint density at radius 1 is 1.21 bits per heavy atom. The van der Waals surface area contributed by atoms with Crippen molar-refractivity contribution >= 4 is 27.7 Å². The van der Waals surface area contributed by atoms with E-state index in [9.17, 15) is 9.59 Å². The maximum atomic E-state index is 12.9. The normalized spacial score (nSPS) is 14.0. The fourth-order valence-electron chi connectivity index (χ4n) is 2.97. The number of hydrogen-bond donors (Lipinski definition) is 2. The molecule has 0 bridgehead atoms. The molecule has 6 nitrogen and oxygen atoms in total. The third-order valence-electron chi connectivity index (χ3n) is 4.61. The van der Waals surface area contributed by atoms with Gasteiger partial charge in [-0.25, -0.2) is 0 Å². The second-order valence-corrected chi connectivity index (χ2v) is 7.78. The summed E-state index contributed by atoms with van der Waals surface area (Å²) in [6.45, 7) is 2.35. The maximum absolute atomic E-state index is 12.9. The number of benzene rings is 2. The van der Waals surface area contributed by atoms with Gasteiger partial charge in [-0.2, -0.15) is 0 Å². The van der Waals surface area contributed by atoms with E-state index in [4.69, 9.17) is 9.47 Å². The second-order valence-electron chi connectivity index (χ2n) is 6.92. The van der Waals surface area contributed by atoms with Crippen LogP contribution in [0.25, 0.3) is 0 Å². The van der Waals surface area contributed by atoms with Crippen LogP contribution in [0.5, 0.6) is 11.5 Å². The molecule has 7 heteroatoms. The van der Waals surface area contributed by atoms with Gasteiger partial charge >= 0.3 is 0 Å². The van der Waals surface area contributed by atoms with Crippen LogP contribution in [-0.4, -0.2) is 37.6 Å². The van der Waals surface area contributed by atoms with Crippen LogP contribution >= 0.6 is 15.9 Å². The van der Waals surface area contributed by atoms with Crippen LogP contribution in [0.3, 0.4) is 0 Å². The van der Waals surface area contributed by atoms with Crippen molar-refractivity contribution in [3.05, 3.63) is 58.1 Å². The summed E-state index contributed by atoms with van der Waals surface area (Å²) in [5.74, 6) is 0.480. The van der Waals surface area contributed by atoms with E-state index in [1.165, 1.54) is 7.11 Å². The lowest BCUT2D eigenvalue weighted by Crippen LogP contribution is -2.48. The number of rotatable bonds is 9. The van der Waals surface area contributed by atoms with Gasteiger partial charge in [-0.1, -0.05) is 30.3 Å². The lowest BCUT2D eigenvalue weighted by molar-refractivity contribution is -0.123. The van der Waals surface area contributed by atoms with Crippen molar-refractivity contribution in [1.82, 2.24) is 10.6 Å². The summed E-state index contributed by atoms with van der Waals surface area (Å²) in [6.07, 6.45) is 2.39. The zero-order chi connectivity index (χ0) is 20.8. The van der Waals surface area contributed by atoms with Crippen LogP contribution in [0.4, 0.5) is 0 Å². The summed E-state index contributed by atoms with van der Waals surface area (Å²) in [7, 11) is 1.52. The summed E-state index contributed by atoms with van der Waals surface area (Å²) in [4.78, 5) is 25.6. The summed E-state index contributed by atoms with van der Waals surface area (Å²) in [5, 5.41) is 5.86. The lowest BCUT2D eigenvalue weighted by atomic mass is 10.0. The second kappa shape index (κ2) is 9.78. The van der Waals surface area contributed by atoms with E-state index < -0.39 is 6.04 Å². The number of amides is 2. The van der Waals surface area contributed by atoms with Gasteiger partial charge in [0.15, 0.2) is 11.5 Å². The highest BCUT2D eigenvalue weighted by molar-refractivity contribution is 9.10. The standard InChI is InChI=1S/C22H25BrN2O4/c1-3-29-20-17(23)12-15(13-19(20)28-2)21(26)25-18(22(27)24-16-9-10-16)11-14-7-5-4-6-8-14/h4-8,12-13,16,18H,3,9-11H2,1-2H3,(H,24,27)(H,25,26). The third kappa shape index (κ3) is 5.73. The molecule has 0 heterocycles. The Balaban J connectivity index is 1.79. The average Bonchev–Trinajstić information content (AvgIpc) is 3.53. The Morgan fingerprint density at radius 3 is 2.55 bits per heavy atom. The van der Waals surface area contributed by atoms with E-state index >= 15 is 0 Å². The Hall–Kier alpha value is -2.54. The molecule has 29 heavy (non-hydrogen) atoms. The van der Waals surface area contributed by atoms with Crippen molar-refractivity contribution in [3.8, 4) is 11.5 Å². The van der Waals surface area contributed by atoms with Crippen LogP contribution in [0.1, 0.15) is 35.7 Å². The van der Waals surface area contributed by atoms with E-state index in [1.807, 2.05) is 37.3 Å². The van der Waals surface area contributed by atoms with E-state index in [0.717, 1.165) is 18.4 Å². The van der Waals surface area contributed by atoms with E-state index in [1.54, 1.807) is 12.1 Å². The molecule has 2 amide bonds. The van der Waals surface area contributed by atoms with Crippen molar-refractivity contribution in [2.75, 3.05) is 13.7 Å². The smallest absolute Gasteiger partial charge is 0.252 e. The summed E-state index contributed by atoms with van der Waals surface area (Å²) >= 11 is 3.43. The van der Waals surface area contributed by atoms with E-state index in [-0.39, 0.29) is 17.9 Å². The van der Waals surface area contributed by atoms with Crippen LogP contribution in [0, 0.1) is 0 Å². The van der Waals surface area contributed by atoms with Crippen molar-refractivity contribution in [3.63, 3.8) is 0 Å². The van der Waals surface area contributed by atoms with E-state index in [0.29, 0.717) is 34.6 Å². The Morgan fingerprint density at radius 2 is 1.93 bits per heavy atom. The van der Waals surface area contributed by atoms with Gasteiger partial charge in [0.05, 0.1) is 18.2 Å². The molecule has 3 rings (SSSR count). The van der Waals surface area contributed by atoms with Gasteiger partial charge in [-0.15, -0.1) is 0 Å². The van der Waals surface area contributed by atoms with Gasteiger partial charge in [-0.3, -0.25) is 9.59 Å². The van der Waals surface area contributed by atoms with Crippen molar-refractivity contribution in [2.24, 2.45) is 0 Å². The molecule has 1 atom stereocenters. The number of nitrogens with one attached hydrogen (secondary N) is 2. The lowest BCUT2D eigenvalue weighted by Gasteiger charge is -2.19. The van der Waals surface area contributed by atoms with Gasteiger partial charge in [0.1, 0.15) is 6.04 Å². The number of hydrogen-bond acceptors (Lipinski definition) is 4. The molecular formula is C22H25BrN2O4. The molecule has 1 aliphatic rings. The zero-order valence-electron chi connectivity index (χ0n) is 16.5. The highest BCUT2D eigenvalue weighted by atomic mass is 79.9. The number of halogens is 1. The van der Waals surface area contributed by atoms with Crippen molar-refractivity contribution < 1.29 is 19.1 Å². The molecule has 0 aliphatic heterocycles. The Bertz CT molecular complexity index is 869. The predicted octanol–water partition coefficient (Wildman–Crippen LogP) is 3.48. The summed E-state index contributed by atoms with van der Waals surface area (Å²) in [5.41, 5.74) is 1.36.